The summed E-state index contributed by atoms with van der Waals surface area (Å²) in [6.45, 7) is 12.2. The molecule has 0 bridgehead atoms. The molecular weight excluding hydrogens is 976 g/mol. The molecule has 0 radical (unpaired) electrons. The van der Waals surface area contributed by atoms with Gasteiger partial charge < -0.3 is 39.7 Å². The van der Waals surface area contributed by atoms with Crippen molar-refractivity contribution >= 4 is 63.8 Å². The van der Waals surface area contributed by atoms with Crippen LogP contribution in [-0.4, -0.2) is 78.2 Å². The van der Waals surface area contributed by atoms with Crippen molar-refractivity contribution in [1.29, 1.82) is 0 Å². The van der Waals surface area contributed by atoms with Crippen molar-refractivity contribution in [2.24, 2.45) is 0 Å². The van der Waals surface area contributed by atoms with Crippen LogP contribution in [0.4, 0.5) is 12.9 Å². The Bertz CT molecular complexity index is 1950. The molecule has 1 aliphatic carbocycles. The summed E-state index contributed by atoms with van der Waals surface area (Å²) in [6.07, 6.45) is 16.0. The van der Waals surface area contributed by atoms with Gasteiger partial charge in [0.25, 0.3) is 0 Å². The molecule has 2 N–H and O–H groups in total. The van der Waals surface area contributed by atoms with E-state index >= 15 is 0 Å². The summed E-state index contributed by atoms with van der Waals surface area (Å²) in [4.78, 5) is 44.6. The van der Waals surface area contributed by atoms with E-state index in [1.165, 1.54) is 64.9 Å². The molecule has 0 aromatic heterocycles. The number of methoxy groups -OCH3 is 2. The Hall–Kier alpha value is -4.75. The van der Waals surface area contributed by atoms with Crippen molar-refractivity contribution in [1.82, 2.24) is 10.6 Å². The molecule has 66 heavy (non-hydrogen) atoms. The Morgan fingerprint density at radius 2 is 1.02 bits per heavy atom. The number of allylic oxidation sites excluding steroid dienone is 4. The van der Waals surface area contributed by atoms with Gasteiger partial charge in [-0.1, -0.05) is 121 Å². The zero-order valence-electron chi connectivity index (χ0n) is 39.8. The van der Waals surface area contributed by atoms with Crippen molar-refractivity contribution < 1.29 is 65.8 Å². The molecule has 0 spiro atoms. The Morgan fingerprint density at radius 3 is 1.36 bits per heavy atom. The van der Waals surface area contributed by atoms with Gasteiger partial charge in [0.2, 0.25) is 11.8 Å². The summed E-state index contributed by atoms with van der Waals surface area (Å²) in [5.41, 5.74) is 4.83. The Morgan fingerprint density at radius 1 is 0.636 bits per heavy atom. The van der Waals surface area contributed by atoms with Crippen molar-refractivity contribution in [2.75, 3.05) is 40.9 Å². The fourth-order valence-electron chi connectivity index (χ4n) is 5.76. The largest absolute Gasteiger partial charge is 3.00 e. The van der Waals surface area contributed by atoms with Crippen LogP contribution in [0.5, 0.6) is 0 Å². The van der Waals surface area contributed by atoms with Crippen LogP contribution in [0.1, 0.15) is 50.7 Å². The van der Waals surface area contributed by atoms with E-state index in [1.807, 2.05) is 60.7 Å². The number of carbonyl (C=O) groups excluding carboxylic acids is 4. The summed E-state index contributed by atoms with van der Waals surface area (Å²) in [5, 5.41) is 8.10. The predicted molar refractivity (Wildman–Crippen MR) is 270 cm³/mol. The van der Waals surface area contributed by atoms with Gasteiger partial charge in [-0.15, -0.1) is 0 Å². The molecule has 0 saturated heterocycles. The van der Waals surface area contributed by atoms with Gasteiger partial charge in [-0.25, -0.2) is 9.59 Å². The van der Waals surface area contributed by atoms with Crippen molar-refractivity contribution in [3.8, 4) is 11.1 Å². The molecule has 0 saturated carbocycles. The van der Waals surface area contributed by atoms with Crippen molar-refractivity contribution in [3.05, 3.63) is 165 Å². The molecule has 4 aromatic carbocycles. The topological polar surface area (TPSA) is 111 Å². The number of amides is 2. The number of nitrogens with one attached hydrogen (secondary N) is 2. The fraction of sp³-hybridized carbons (Fsp3) is 0.280. The Labute approximate surface area is 407 Å². The molecular formula is C50H68BF4N2O6P2Rh+2. The first-order chi connectivity index (χ1) is 29.6. The van der Waals surface area contributed by atoms with E-state index < -0.39 is 41.4 Å². The third-order valence-electron chi connectivity index (χ3n) is 8.53. The molecule has 0 heterocycles. The molecule has 362 valence electrons. The van der Waals surface area contributed by atoms with Gasteiger partial charge in [0.15, 0.2) is 0 Å². The number of ether oxygens (including phenoxy) is 2. The second-order valence-corrected chi connectivity index (χ2v) is 19.1. The fourth-order valence-corrected chi connectivity index (χ4v) is 8.13. The minimum atomic E-state index is -3.67. The van der Waals surface area contributed by atoms with E-state index in [0.29, 0.717) is 6.42 Å². The van der Waals surface area contributed by atoms with Gasteiger partial charge in [0.1, 0.15) is 11.7 Å². The van der Waals surface area contributed by atoms with Gasteiger partial charge in [0.05, 0.1) is 51.5 Å². The van der Waals surface area contributed by atoms with Gasteiger partial charge in [-0.05, 0) is 55.0 Å². The molecule has 8 nitrogen and oxygen atoms in total. The first-order valence-electron chi connectivity index (χ1n) is 20.1. The Balaban J connectivity index is -0.000000379. The normalized spacial score (nSPS) is 11.8. The summed E-state index contributed by atoms with van der Waals surface area (Å²) in [6, 6.07) is 35.9. The summed E-state index contributed by atoms with van der Waals surface area (Å²) in [5.74, 6) is -1.56. The molecule has 2 amide bonds. The van der Waals surface area contributed by atoms with E-state index in [4.69, 9.17) is 0 Å². The number of benzene rings is 4. The standard InChI is InChI=1S/C16H20P2.C12H15NO3.C12H13NO3.C8H12.2CH3.BF3.FH.Rh/c1-17(2)15-11-7-5-9-13(15)14-10-6-8-12-16(14)18(3)4;2*1-9(14)13-11(12(15)16-2)8-10-6-4-3-5-7-10;1-2-4-6-8-7-5-3-1;;;2-1(3)4;;/h5-12H,1-4H3;3-7,11H,8H2,1-2H3,(H,13,14);3-8H,1-2H3,(H,13,14);1-2,7-8H,3-6H2;2*1H3;;1H;/q;;;;2*-1;;;+3/p+1/b;;11-8-;2-1-,8-7?;;;;;/t;11-;;;;;;;/m.1......./s1. The molecule has 16 heteroatoms. The zero-order valence-corrected chi connectivity index (χ0v) is 43.4. The van der Waals surface area contributed by atoms with Crippen LogP contribution in [-0.2, 0) is 54.6 Å². The second-order valence-electron chi connectivity index (χ2n) is 14.0. The van der Waals surface area contributed by atoms with Gasteiger partial charge in [-0.2, -0.15) is 0 Å². The first kappa shape index (κ1) is 67.8. The quantitative estimate of drug-likeness (QED) is 0.0330. The third-order valence-corrected chi connectivity index (χ3v) is 11.6. The number of halogens is 4. The molecule has 0 unspecified atom stereocenters. The average molecular weight is 1040 g/mol. The monoisotopic (exact) mass is 1040 g/mol. The maximum absolute atomic E-state index is 11.4. The minimum absolute atomic E-state index is 0. The van der Waals surface area contributed by atoms with Crippen molar-refractivity contribution in [3.63, 3.8) is 0 Å². The summed E-state index contributed by atoms with van der Waals surface area (Å²) < 4.78 is 38.2. The maximum Gasteiger partial charge on any atom is 3.00 e. The van der Waals surface area contributed by atoms with Crippen molar-refractivity contribution in [2.45, 2.75) is 52.0 Å². The van der Waals surface area contributed by atoms with Crippen LogP contribution >= 0.6 is 15.8 Å². The van der Waals surface area contributed by atoms with E-state index in [0.717, 1.165) is 11.1 Å². The summed E-state index contributed by atoms with van der Waals surface area (Å²) in [7, 11) is -1.93. The predicted octanol–water partition coefficient (Wildman–Crippen LogP) is 7.25. The van der Waals surface area contributed by atoms with E-state index in [2.05, 4.69) is 120 Å². The van der Waals surface area contributed by atoms with E-state index in [9.17, 15) is 32.1 Å². The first-order valence-corrected chi connectivity index (χ1v) is 25.1. The number of carbonyl (C=O) groups is 4. The molecule has 1 atom stereocenters. The zero-order chi connectivity index (χ0) is 46.3. The second kappa shape index (κ2) is 40.5. The molecule has 4 aromatic rings. The number of hydrogen-bond donors (Lipinski definition) is 2. The molecule has 0 aliphatic heterocycles. The van der Waals surface area contributed by atoms with Crippen LogP contribution in [0.25, 0.3) is 17.2 Å². The molecule has 5 rings (SSSR count). The van der Waals surface area contributed by atoms with E-state index in [-0.39, 0.29) is 56.5 Å². The maximum atomic E-state index is 11.4. The number of hydrogen-bond acceptors (Lipinski definition) is 6. The molecule has 0 fully saturated rings. The number of rotatable bonds is 10. The van der Waals surface area contributed by atoms with Gasteiger partial charge in [0, 0.05) is 47.2 Å². The van der Waals surface area contributed by atoms with Crippen LogP contribution in [0, 0.1) is 14.9 Å². The van der Waals surface area contributed by atoms with Crippen LogP contribution < -0.4 is 25.9 Å². The van der Waals surface area contributed by atoms with Crippen LogP contribution in [0.3, 0.4) is 0 Å². The SMILES string of the molecule is C1=CCC/C=C\CC1.COC(=O)/C(=C/c1ccccc1)NC(C)=O.COC(=O)[C@@H](Cc1ccccc1)NC(C)=O.C[PH+](C)c1ccccc1-c1ccccc1[PH+](C)C.FB(F)F.[CH3-].[CH3-].[F-].[Rh+3]. The summed E-state index contributed by atoms with van der Waals surface area (Å²) >= 11 is 0. The van der Waals surface area contributed by atoms with E-state index in [1.54, 1.807) is 16.7 Å². The smallest absolute Gasteiger partial charge is 1.00 e. The average Bonchev–Trinajstić information content (AvgIpc) is 3.23. The van der Waals surface area contributed by atoms with Crippen LogP contribution in [0.2, 0.25) is 0 Å². The number of esters is 2. The van der Waals surface area contributed by atoms with Gasteiger partial charge >= 0.3 is 39.0 Å². The molecule has 1 aliphatic rings. The van der Waals surface area contributed by atoms with Crippen LogP contribution in [0.15, 0.2) is 139 Å². The third kappa shape index (κ3) is 30.5. The Kier molecular flexibility index (Phi) is 41.6. The van der Waals surface area contributed by atoms with Gasteiger partial charge in [-0.3, -0.25) is 22.5 Å². The minimum Gasteiger partial charge on any atom is -1.00 e.